The quantitative estimate of drug-likeness (QED) is 0.410. The summed E-state index contributed by atoms with van der Waals surface area (Å²) in [6.07, 6.45) is 0. The van der Waals surface area contributed by atoms with Gasteiger partial charge in [-0.1, -0.05) is 0 Å². The minimum Gasteiger partial charge on any atom is -0.493 e. The van der Waals surface area contributed by atoms with E-state index in [1.165, 1.54) is 33.5 Å². The van der Waals surface area contributed by atoms with E-state index in [0.29, 0.717) is 33.7 Å². The molecule has 0 aliphatic rings. The van der Waals surface area contributed by atoms with Gasteiger partial charge < -0.3 is 18.8 Å². The van der Waals surface area contributed by atoms with Gasteiger partial charge in [0.05, 0.1) is 48.1 Å². The first-order chi connectivity index (χ1) is 11.9. The number of hydrogen-bond donors (Lipinski definition) is 0. The smallest absolute Gasteiger partial charge is 0.270 e. The SMILES string of the molecule is COc1cc2c(=O)c3cc([N+](=O)[O-])ccc3n(C)c2c(OC)c1OC. The Morgan fingerprint density at radius 1 is 1.00 bits per heavy atom. The highest BCUT2D eigenvalue weighted by molar-refractivity contribution is 5.99. The lowest BCUT2D eigenvalue weighted by atomic mass is 10.1. The lowest BCUT2D eigenvalue weighted by Gasteiger charge is -2.18. The summed E-state index contributed by atoms with van der Waals surface area (Å²) in [7, 11) is 6.17. The highest BCUT2D eigenvalue weighted by Crippen LogP contribution is 2.43. The van der Waals surface area contributed by atoms with Crippen molar-refractivity contribution in [2.45, 2.75) is 0 Å². The molecule has 3 rings (SSSR count). The molecule has 0 saturated heterocycles. The first kappa shape index (κ1) is 16.6. The molecule has 0 bridgehead atoms. The maximum Gasteiger partial charge on any atom is 0.270 e. The molecule has 1 aromatic heterocycles. The maximum absolute atomic E-state index is 13.0. The van der Waals surface area contributed by atoms with Gasteiger partial charge in [-0.05, 0) is 12.1 Å². The summed E-state index contributed by atoms with van der Waals surface area (Å²) >= 11 is 0. The Balaban J connectivity index is 2.58. The average molecular weight is 344 g/mol. The largest absolute Gasteiger partial charge is 0.493 e. The summed E-state index contributed by atoms with van der Waals surface area (Å²) in [5.41, 5.74) is 0.586. The average Bonchev–Trinajstić information content (AvgIpc) is 2.63. The topological polar surface area (TPSA) is 92.8 Å². The van der Waals surface area contributed by atoms with Crippen LogP contribution in [0, 0.1) is 10.1 Å². The van der Waals surface area contributed by atoms with Crippen LogP contribution in [0.5, 0.6) is 17.2 Å². The van der Waals surface area contributed by atoms with E-state index in [4.69, 9.17) is 14.2 Å². The van der Waals surface area contributed by atoms with Gasteiger partial charge in [0.25, 0.3) is 5.69 Å². The van der Waals surface area contributed by atoms with E-state index >= 15 is 0 Å². The monoisotopic (exact) mass is 344 g/mol. The van der Waals surface area contributed by atoms with Crippen LogP contribution in [-0.4, -0.2) is 30.8 Å². The van der Waals surface area contributed by atoms with E-state index in [2.05, 4.69) is 0 Å². The van der Waals surface area contributed by atoms with Gasteiger partial charge in [-0.25, -0.2) is 0 Å². The zero-order valence-electron chi connectivity index (χ0n) is 14.2. The van der Waals surface area contributed by atoms with Crippen molar-refractivity contribution in [3.63, 3.8) is 0 Å². The van der Waals surface area contributed by atoms with Gasteiger partial charge in [-0.3, -0.25) is 14.9 Å². The third-order valence-electron chi connectivity index (χ3n) is 4.18. The van der Waals surface area contributed by atoms with Crippen LogP contribution >= 0.6 is 0 Å². The lowest BCUT2D eigenvalue weighted by molar-refractivity contribution is -0.384. The second-order valence-electron chi connectivity index (χ2n) is 5.39. The summed E-state index contributed by atoms with van der Waals surface area (Å²) in [6.45, 7) is 0. The van der Waals surface area contributed by atoms with E-state index in [1.807, 2.05) is 0 Å². The van der Waals surface area contributed by atoms with Crippen LogP contribution in [0.2, 0.25) is 0 Å². The molecule has 130 valence electrons. The number of benzene rings is 2. The number of ether oxygens (including phenoxy) is 3. The van der Waals surface area contributed by atoms with Crippen LogP contribution in [0.4, 0.5) is 5.69 Å². The van der Waals surface area contributed by atoms with Gasteiger partial charge in [0.1, 0.15) is 0 Å². The first-order valence-corrected chi connectivity index (χ1v) is 7.34. The van der Waals surface area contributed by atoms with E-state index < -0.39 is 4.92 Å². The molecule has 8 heteroatoms. The molecule has 1 heterocycles. The Labute approximate surface area is 142 Å². The first-order valence-electron chi connectivity index (χ1n) is 7.34. The van der Waals surface area contributed by atoms with Crippen LogP contribution in [-0.2, 0) is 7.05 Å². The summed E-state index contributed by atoms with van der Waals surface area (Å²) in [5.74, 6) is 1.07. The van der Waals surface area contributed by atoms with Crippen molar-refractivity contribution in [2.24, 2.45) is 7.05 Å². The predicted molar refractivity (Wildman–Crippen MR) is 93.0 cm³/mol. The molecule has 0 spiro atoms. The fourth-order valence-corrected chi connectivity index (χ4v) is 3.02. The predicted octanol–water partition coefficient (Wildman–Crippen LogP) is 2.63. The van der Waals surface area contributed by atoms with E-state index in [0.717, 1.165) is 0 Å². The molecule has 0 unspecified atom stereocenters. The molecular formula is C17H16N2O6. The van der Waals surface area contributed by atoms with Crippen molar-refractivity contribution < 1.29 is 19.1 Å². The van der Waals surface area contributed by atoms with Crippen molar-refractivity contribution in [2.75, 3.05) is 21.3 Å². The molecule has 0 N–H and O–H groups in total. The molecule has 0 atom stereocenters. The van der Waals surface area contributed by atoms with E-state index in [-0.39, 0.29) is 16.5 Å². The maximum atomic E-state index is 13.0. The van der Waals surface area contributed by atoms with Gasteiger partial charge in [0.15, 0.2) is 16.9 Å². The Bertz CT molecular complexity index is 1070. The Morgan fingerprint density at radius 3 is 2.24 bits per heavy atom. The number of nitro benzene ring substituents is 1. The van der Waals surface area contributed by atoms with Gasteiger partial charge in [-0.15, -0.1) is 0 Å². The van der Waals surface area contributed by atoms with Crippen molar-refractivity contribution in [3.05, 3.63) is 44.6 Å². The zero-order chi connectivity index (χ0) is 18.3. The Morgan fingerprint density at radius 2 is 1.68 bits per heavy atom. The molecule has 25 heavy (non-hydrogen) atoms. The van der Waals surface area contributed by atoms with Gasteiger partial charge in [0.2, 0.25) is 5.75 Å². The van der Waals surface area contributed by atoms with E-state index in [1.54, 1.807) is 23.7 Å². The van der Waals surface area contributed by atoms with Gasteiger partial charge >= 0.3 is 0 Å². The summed E-state index contributed by atoms with van der Waals surface area (Å²) < 4.78 is 17.9. The number of aromatic nitrogens is 1. The minimum atomic E-state index is -0.529. The highest BCUT2D eigenvalue weighted by atomic mass is 16.6. The van der Waals surface area contributed by atoms with Crippen LogP contribution in [0.25, 0.3) is 21.8 Å². The Kier molecular flexibility index (Phi) is 3.96. The third kappa shape index (κ3) is 2.34. The number of nitro groups is 1. The van der Waals surface area contributed by atoms with Crippen LogP contribution < -0.4 is 19.6 Å². The molecule has 3 aromatic rings. The molecule has 0 saturated carbocycles. The second-order valence-corrected chi connectivity index (χ2v) is 5.39. The number of methoxy groups -OCH3 is 3. The van der Waals surface area contributed by atoms with Crippen molar-refractivity contribution in [1.82, 2.24) is 4.57 Å². The fraction of sp³-hybridized carbons (Fsp3) is 0.235. The summed E-state index contributed by atoms with van der Waals surface area (Å²) in [6, 6.07) is 5.74. The normalized spacial score (nSPS) is 10.9. The number of pyridine rings is 1. The lowest BCUT2D eigenvalue weighted by Crippen LogP contribution is -2.11. The number of aryl methyl sites for hydroxylation is 1. The van der Waals surface area contributed by atoms with Crippen molar-refractivity contribution in [1.29, 1.82) is 0 Å². The van der Waals surface area contributed by atoms with Crippen LogP contribution in [0.15, 0.2) is 29.1 Å². The van der Waals surface area contributed by atoms with Crippen molar-refractivity contribution >= 4 is 27.5 Å². The van der Waals surface area contributed by atoms with Crippen LogP contribution in [0.3, 0.4) is 0 Å². The molecule has 0 radical (unpaired) electrons. The molecule has 0 fully saturated rings. The Hall–Kier alpha value is -3.29. The number of nitrogens with zero attached hydrogens (tertiary/aromatic N) is 2. The molecule has 0 amide bonds. The van der Waals surface area contributed by atoms with Gasteiger partial charge in [-0.2, -0.15) is 0 Å². The van der Waals surface area contributed by atoms with Crippen LogP contribution in [0.1, 0.15) is 0 Å². The fourth-order valence-electron chi connectivity index (χ4n) is 3.02. The number of rotatable bonds is 4. The summed E-state index contributed by atoms with van der Waals surface area (Å²) in [5, 5.41) is 11.6. The summed E-state index contributed by atoms with van der Waals surface area (Å²) in [4.78, 5) is 23.5. The minimum absolute atomic E-state index is 0.142. The highest BCUT2D eigenvalue weighted by Gasteiger charge is 2.22. The molecular weight excluding hydrogens is 328 g/mol. The molecule has 2 aromatic carbocycles. The molecule has 0 aliphatic carbocycles. The molecule has 0 aliphatic heterocycles. The van der Waals surface area contributed by atoms with Gasteiger partial charge in [0, 0.05) is 19.2 Å². The second kappa shape index (κ2) is 5.97. The third-order valence-corrected chi connectivity index (χ3v) is 4.18. The van der Waals surface area contributed by atoms with Crippen molar-refractivity contribution in [3.8, 4) is 17.2 Å². The standard InChI is InChI=1S/C17H16N2O6/c1-18-12-6-5-9(19(21)22)7-10(12)15(20)11-8-13(23-2)16(24-3)17(25-4)14(11)18/h5-8H,1-4H3. The number of fused-ring (bicyclic) bond motifs is 2. The zero-order valence-corrected chi connectivity index (χ0v) is 14.2. The molecule has 8 nitrogen and oxygen atoms in total. The number of hydrogen-bond acceptors (Lipinski definition) is 6. The number of non-ortho nitro benzene ring substituents is 1. The van der Waals surface area contributed by atoms with E-state index in [9.17, 15) is 14.9 Å².